The maximum absolute atomic E-state index is 5.66. The Morgan fingerprint density at radius 2 is 1.94 bits per heavy atom. The van der Waals surface area contributed by atoms with Crippen LogP contribution in [0, 0.1) is 0 Å². The first-order valence-electron chi connectivity index (χ1n) is 5.31. The molecule has 16 heavy (non-hydrogen) atoms. The number of hydrogen-bond donors (Lipinski definition) is 2. The molecule has 0 amide bonds. The molecule has 2 rings (SSSR count). The molecule has 1 aromatic heterocycles. The van der Waals surface area contributed by atoms with Crippen LogP contribution in [0.4, 0.5) is 5.82 Å². The van der Waals surface area contributed by atoms with Crippen LogP contribution in [0.5, 0.6) is 0 Å². The van der Waals surface area contributed by atoms with Gasteiger partial charge in [-0.1, -0.05) is 12.1 Å². The predicted octanol–water partition coefficient (Wildman–Crippen LogP) is 1.78. The van der Waals surface area contributed by atoms with E-state index in [1.807, 2.05) is 38.1 Å². The molecule has 0 saturated heterocycles. The number of nitrogens with zero attached hydrogens (tertiary/aromatic N) is 2. The number of benzene rings is 1. The smallest absolute Gasteiger partial charge is 0.145 e. The van der Waals surface area contributed by atoms with Crippen molar-refractivity contribution < 1.29 is 0 Å². The summed E-state index contributed by atoms with van der Waals surface area (Å²) in [5.41, 5.74) is 7.28. The number of anilines is 1. The number of aromatic nitrogens is 2. The molecule has 1 aromatic carbocycles. The lowest BCUT2D eigenvalue weighted by molar-refractivity contribution is 0.577. The van der Waals surface area contributed by atoms with Crippen molar-refractivity contribution in [2.45, 2.75) is 19.4 Å². The van der Waals surface area contributed by atoms with Crippen molar-refractivity contribution in [3.05, 3.63) is 30.5 Å². The molecule has 0 fully saturated rings. The van der Waals surface area contributed by atoms with Crippen LogP contribution in [-0.4, -0.2) is 22.1 Å². The molecule has 0 aliphatic carbocycles. The second-order valence-electron chi connectivity index (χ2n) is 4.46. The molecule has 0 radical (unpaired) electrons. The Bertz CT molecular complexity index is 493. The number of fused-ring (bicyclic) bond motifs is 1. The summed E-state index contributed by atoms with van der Waals surface area (Å²) in [6.45, 7) is 4.61. The fourth-order valence-corrected chi connectivity index (χ4v) is 1.42. The Morgan fingerprint density at radius 3 is 2.62 bits per heavy atom. The number of hydrogen-bond acceptors (Lipinski definition) is 4. The van der Waals surface area contributed by atoms with Gasteiger partial charge < -0.3 is 11.1 Å². The van der Waals surface area contributed by atoms with E-state index in [0.29, 0.717) is 6.54 Å². The summed E-state index contributed by atoms with van der Waals surface area (Å²) < 4.78 is 0. The SMILES string of the molecule is CC(C)(CN)Nc1cnc2ccccc2n1. The summed E-state index contributed by atoms with van der Waals surface area (Å²) >= 11 is 0. The van der Waals surface area contributed by atoms with Gasteiger partial charge in [-0.3, -0.25) is 4.98 Å². The van der Waals surface area contributed by atoms with Crippen molar-refractivity contribution in [2.24, 2.45) is 5.73 Å². The molecule has 4 nitrogen and oxygen atoms in total. The molecule has 0 unspecified atom stereocenters. The van der Waals surface area contributed by atoms with Gasteiger partial charge in [0.25, 0.3) is 0 Å². The van der Waals surface area contributed by atoms with E-state index < -0.39 is 0 Å². The van der Waals surface area contributed by atoms with Gasteiger partial charge in [0.15, 0.2) is 0 Å². The van der Waals surface area contributed by atoms with Crippen LogP contribution in [0.2, 0.25) is 0 Å². The molecule has 0 aliphatic heterocycles. The molecule has 0 spiro atoms. The van der Waals surface area contributed by atoms with Gasteiger partial charge >= 0.3 is 0 Å². The van der Waals surface area contributed by atoms with Crippen molar-refractivity contribution in [1.82, 2.24) is 9.97 Å². The number of nitrogens with two attached hydrogens (primary N) is 1. The van der Waals surface area contributed by atoms with E-state index in [1.54, 1.807) is 6.20 Å². The van der Waals surface area contributed by atoms with Crippen molar-refractivity contribution >= 4 is 16.9 Å². The van der Waals surface area contributed by atoms with Crippen molar-refractivity contribution in [3.63, 3.8) is 0 Å². The van der Waals surface area contributed by atoms with Crippen LogP contribution in [0.15, 0.2) is 30.5 Å². The Labute approximate surface area is 94.9 Å². The largest absolute Gasteiger partial charge is 0.363 e. The van der Waals surface area contributed by atoms with Gasteiger partial charge in [-0.05, 0) is 26.0 Å². The van der Waals surface area contributed by atoms with E-state index in [9.17, 15) is 0 Å². The van der Waals surface area contributed by atoms with Crippen LogP contribution >= 0.6 is 0 Å². The van der Waals surface area contributed by atoms with Crippen molar-refractivity contribution in [2.75, 3.05) is 11.9 Å². The zero-order valence-electron chi connectivity index (χ0n) is 9.57. The topological polar surface area (TPSA) is 63.8 Å². The molecule has 84 valence electrons. The third-order valence-electron chi connectivity index (χ3n) is 2.43. The highest BCUT2D eigenvalue weighted by Crippen LogP contribution is 2.14. The lowest BCUT2D eigenvalue weighted by atomic mass is 10.1. The van der Waals surface area contributed by atoms with E-state index in [0.717, 1.165) is 16.9 Å². The second kappa shape index (κ2) is 4.06. The van der Waals surface area contributed by atoms with E-state index in [2.05, 4.69) is 15.3 Å². The van der Waals surface area contributed by atoms with Gasteiger partial charge in [-0.25, -0.2) is 4.98 Å². The summed E-state index contributed by atoms with van der Waals surface area (Å²) in [7, 11) is 0. The molecule has 0 aliphatic rings. The molecule has 4 heteroatoms. The third-order valence-corrected chi connectivity index (χ3v) is 2.43. The molecular weight excluding hydrogens is 200 g/mol. The summed E-state index contributed by atoms with van der Waals surface area (Å²) in [6, 6.07) is 7.80. The van der Waals surface area contributed by atoms with Gasteiger partial charge in [0.2, 0.25) is 0 Å². The second-order valence-corrected chi connectivity index (χ2v) is 4.46. The Balaban J connectivity index is 2.33. The minimum atomic E-state index is -0.170. The van der Waals surface area contributed by atoms with E-state index in [4.69, 9.17) is 5.73 Å². The summed E-state index contributed by atoms with van der Waals surface area (Å²) in [4.78, 5) is 8.81. The van der Waals surface area contributed by atoms with Crippen LogP contribution in [0.25, 0.3) is 11.0 Å². The minimum absolute atomic E-state index is 0.170. The Morgan fingerprint density at radius 1 is 1.25 bits per heavy atom. The lowest BCUT2D eigenvalue weighted by Gasteiger charge is -2.24. The number of rotatable bonds is 3. The minimum Gasteiger partial charge on any atom is -0.363 e. The average Bonchev–Trinajstić information content (AvgIpc) is 2.28. The lowest BCUT2D eigenvalue weighted by Crippen LogP contribution is -2.39. The molecule has 0 saturated carbocycles. The van der Waals surface area contributed by atoms with E-state index >= 15 is 0 Å². The highest BCUT2D eigenvalue weighted by molar-refractivity contribution is 5.75. The van der Waals surface area contributed by atoms with E-state index in [1.165, 1.54) is 0 Å². The summed E-state index contributed by atoms with van der Waals surface area (Å²) in [5, 5.41) is 3.26. The fraction of sp³-hybridized carbons (Fsp3) is 0.333. The average molecular weight is 216 g/mol. The van der Waals surface area contributed by atoms with Crippen LogP contribution in [0.3, 0.4) is 0 Å². The summed E-state index contributed by atoms with van der Waals surface area (Å²) in [6.07, 6.45) is 1.74. The molecule has 0 atom stereocenters. The number of para-hydroxylation sites is 2. The quantitative estimate of drug-likeness (QED) is 0.821. The van der Waals surface area contributed by atoms with Crippen molar-refractivity contribution in [3.8, 4) is 0 Å². The van der Waals surface area contributed by atoms with Gasteiger partial charge in [-0.15, -0.1) is 0 Å². The molecule has 3 N–H and O–H groups in total. The molecule has 1 heterocycles. The maximum atomic E-state index is 5.66. The maximum Gasteiger partial charge on any atom is 0.145 e. The zero-order chi connectivity index (χ0) is 11.6. The first kappa shape index (κ1) is 10.8. The van der Waals surface area contributed by atoms with Crippen LogP contribution in [0.1, 0.15) is 13.8 Å². The van der Waals surface area contributed by atoms with E-state index in [-0.39, 0.29) is 5.54 Å². The molecule has 0 bridgehead atoms. The van der Waals surface area contributed by atoms with Gasteiger partial charge in [-0.2, -0.15) is 0 Å². The first-order valence-corrected chi connectivity index (χ1v) is 5.31. The Hall–Kier alpha value is -1.68. The fourth-order valence-electron chi connectivity index (χ4n) is 1.42. The van der Waals surface area contributed by atoms with Gasteiger partial charge in [0, 0.05) is 12.1 Å². The normalized spacial score (nSPS) is 11.7. The first-order chi connectivity index (χ1) is 7.61. The highest BCUT2D eigenvalue weighted by atomic mass is 15.1. The standard InChI is InChI=1S/C12H16N4/c1-12(2,8-13)16-11-7-14-9-5-3-4-6-10(9)15-11/h3-7H,8,13H2,1-2H3,(H,15,16). The molecular formula is C12H16N4. The Kier molecular flexibility index (Phi) is 2.75. The highest BCUT2D eigenvalue weighted by Gasteiger charge is 2.15. The van der Waals surface area contributed by atoms with Crippen molar-refractivity contribution in [1.29, 1.82) is 0 Å². The van der Waals surface area contributed by atoms with Crippen LogP contribution < -0.4 is 11.1 Å². The zero-order valence-corrected chi connectivity index (χ0v) is 9.57. The van der Waals surface area contributed by atoms with Gasteiger partial charge in [0.05, 0.1) is 17.2 Å². The molecule has 2 aromatic rings. The number of nitrogens with one attached hydrogen (secondary N) is 1. The summed E-state index contributed by atoms with van der Waals surface area (Å²) in [5.74, 6) is 0.758. The van der Waals surface area contributed by atoms with Gasteiger partial charge in [0.1, 0.15) is 5.82 Å². The predicted molar refractivity (Wildman–Crippen MR) is 66.3 cm³/mol. The monoisotopic (exact) mass is 216 g/mol. The third kappa shape index (κ3) is 2.28. The van der Waals surface area contributed by atoms with Crippen LogP contribution in [-0.2, 0) is 0 Å².